The lowest BCUT2D eigenvalue weighted by Crippen LogP contribution is -2.50. The summed E-state index contributed by atoms with van der Waals surface area (Å²) in [4.78, 5) is 4.54. The van der Waals surface area contributed by atoms with Crippen molar-refractivity contribution >= 4 is 0 Å². The summed E-state index contributed by atoms with van der Waals surface area (Å²) in [6, 6.07) is 4.31. The highest BCUT2D eigenvalue weighted by Crippen LogP contribution is 2.45. The van der Waals surface area contributed by atoms with Gasteiger partial charge in [0.1, 0.15) is 0 Å². The molecule has 17 heavy (non-hydrogen) atoms. The third-order valence-corrected chi connectivity index (χ3v) is 4.56. The SMILES string of the molecule is CCc1ccc(CC2(N)CCCC2(C)C)nc1. The largest absolute Gasteiger partial charge is 0.324 e. The molecule has 0 saturated heterocycles. The Hall–Kier alpha value is -0.890. The lowest BCUT2D eigenvalue weighted by atomic mass is 9.73. The van der Waals surface area contributed by atoms with Crippen LogP contribution in [0.4, 0.5) is 0 Å². The minimum absolute atomic E-state index is 0.0757. The Balaban J connectivity index is 2.14. The van der Waals surface area contributed by atoms with E-state index in [0.29, 0.717) is 0 Å². The molecule has 1 heterocycles. The summed E-state index contributed by atoms with van der Waals surface area (Å²) in [6.07, 6.45) is 7.54. The number of aromatic nitrogens is 1. The summed E-state index contributed by atoms with van der Waals surface area (Å²) >= 11 is 0. The normalized spacial score (nSPS) is 27.3. The average Bonchev–Trinajstić information content (AvgIpc) is 2.54. The van der Waals surface area contributed by atoms with Crippen molar-refractivity contribution in [2.45, 2.75) is 58.4 Å². The zero-order valence-electron chi connectivity index (χ0n) is 11.3. The molecule has 1 atom stereocenters. The van der Waals surface area contributed by atoms with Crippen molar-refractivity contribution in [3.05, 3.63) is 29.6 Å². The molecule has 94 valence electrons. The minimum atomic E-state index is -0.0757. The second-order valence-corrected chi connectivity index (χ2v) is 6.08. The summed E-state index contributed by atoms with van der Waals surface area (Å²) < 4.78 is 0. The molecule has 0 aliphatic heterocycles. The van der Waals surface area contributed by atoms with E-state index < -0.39 is 0 Å². The topological polar surface area (TPSA) is 38.9 Å². The van der Waals surface area contributed by atoms with Gasteiger partial charge in [0.2, 0.25) is 0 Å². The number of hydrogen-bond donors (Lipinski definition) is 1. The van der Waals surface area contributed by atoms with Crippen LogP contribution in [0.1, 0.15) is 51.3 Å². The third-order valence-electron chi connectivity index (χ3n) is 4.56. The Morgan fingerprint density at radius 1 is 1.29 bits per heavy atom. The van der Waals surface area contributed by atoms with E-state index in [9.17, 15) is 0 Å². The molecule has 2 N–H and O–H groups in total. The molecule has 2 rings (SSSR count). The average molecular weight is 232 g/mol. The molecular weight excluding hydrogens is 208 g/mol. The maximum absolute atomic E-state index is 6.60. The third kappa shape index (κ3) is 2.37. The van der Waals surface area contributed by atoms with Crippen molar-refractivity contribution in [3.8, 4) is 0 Å². The first-order valence-corrected chi connectivity index (χ1v) is 6.69. The number of hydrogen-bond acceptors (Lipinski definition) is 2. The van der Waals surface area contributed by atoms with Gasteiger partial charge in [-0.25, -0.2) is 0 Å². The lowest BCUT2D eigenvalue weighted by molar-refractivity contribution is 0.205. The highest BCUT2D eigenvalue weighted by atomic mass is 14.8. The van der Waals surface area contributed by atoms with Crippen LogP contribution in [0.5, 0.6) is 0 Å². The van der Waals surface area contributed by atoms with E-state index in [1.165, 1.54) is 18.4 Å². The summed E-state index contributed by atoms with van der Waals surface area (Å²) in [5.41, 5.74) is 9.19. The molecule has 0 radical (unpaired) electrons. The van der Waals surface area contributed by atoms with Gasteiger partial charge in [0.05, 0.1) is 0 Å². The molecule has 0 amide bonds. The van der Waals surface area contributed by atoms with Crippen molar-refractivity contribution < 1.29 is 0 Å². The predicted molar refractivity (Wildman–Crippen MR) is 71.9 cm³/mol. The fourth-order valence-electron chi connectivity index (χ4n) is 2.85. The van der Waals surface area contributed by atoms with E-state index in [1.807, 2.05) is 6.20 Å². The second kappa shape index (κ2) is 4.41. The molecule has 1 unspecified atom stereocenters. The quantitative estimate of drug-likeness (QED) is 0.869. The Morgan fingerprint density at radius 2 is 2.06 bits per heavy atom. The fourth-order valence-corrected chi connectivity index (χ4v) is 2.85. The predicted octanol–water partition coefficient (Wildman–Crippen LogP) is 3.09. The molecule has 1 fully saturated rings. The van der Waals surface area contributed by atoms with Crippen LogP contribution in [0.2, 0.25) is 0 Å². The van der Waals surface area contributed by atoms with E-state index in [4.69, 9.17) is 5.73 Å². The Kier molecular flexibility index (Phi) is 3.26. The molecular formula is C15H24N2. The summed E-state index contributed by atoms with van der Waals surface area (Å²) in [5.74, 6) is 0. The highest BCUT2D eigenvalue weighted by molar-refractivity contribution is 5.18. The van der Waals surface area contributed by atoms with E-state index in [-0.39, 0.29) is 11.0 Å². The summed E-state index contributed by atoms with van der Waals surface area (Å²) in [5, 5.41) is 0. The molecule has 1 aromatic rings. The van der Waals surface area contributed by atoms with Crippen LogP contribution in [-0.2, 0) is 12.8 Å². The molecule has 1 aromatic heterocycles. The fraction of sp³-hybridized carbons (Fsp3) is 0.667. The van der Waals surface area contributed by atoms with Crippen molar-refractivity contribution in [2.24, 2.45) is 11.1 Å². The zero-order chi connectivity index (χ0) is 12.5. The molecule has 0 aromatic carbocycles. The van der Waals surface area contributed by atoms with Crippen molar-refractivity contribution in [3.63, 3.8) is 0 Å². The number of nitrogens with zero attached hydrogens (tertiary/aromatic N) is 1. The molecule has 1 aliphatic carbocycles. The van der Waals surface area contributed by atoms with Crippen LogP contribution in [0, 0.1) is 5.41 Å². The molecule has 1 saturated carbocycles. The van der Waals surface area contributed by atoms with Crippen LogP contribution < -0.4 is 5.73 Å². The van der Waals surface area contributed by atoms with Gasteiger partial charge < -0.3 is 5.73 Å². The summed E-state index contributed by atoms with van der Waals surface area (Å²) in [7, 11) is 0. The van der Waals surface area contributed by atoms with Crippen LogP contribution >= 0.6 is 0 Å². The van der Waals surface area contributed by atoms with Crippen molar-refractivity contribution in [1.82, 2.24) is 4.98 Å². The maximum atomic E-state index is 6.60. The van der Waals surface area contributed by atoms with E-state index in [0.717, 1.165) is 25.0 Å². The first-order chi connectivity index (χ1) is 7.97. The van der Waals surface area contributed by atoms with Gasteiger partial charge in [0.15, 0.2) is 0 Å². The zero-order valence-corrected chi connectivity index (χ0v) is 11.3. The standard InChI is InChI=1S/C15H24N2/c1-4-12-6-7-13(17-11-12)10-15(16)9-5-8-14(15,2)3/h6-7,11H,4-5,8-10,16H2,1-3H3. The van der Waals surface area contributed by atoms with Gasteiger partial charge in [0.25, 0.3) is 0 Å². The monoisotopic (exact) mass is 232 g/mol. The maximum Gasteiger partial charge on any atom is 0.0422 e. The van der Waals surface area contributed by atoms with Gasteiger partial charge >= 0.3 is 0 Å². The van der Waals surface area contributed by atoms with Crippen LogP contribution in [0.25, 0.3) is 0 Å². The second-order valence-electron chi connectivity index (χ2n) is 6.08. The van der Waals surface area contributed by atoms with Gasteiger partial charge in [-0.1, -0.05) is 33.3 Å². The van der Waals surface area contributed by atoms with Gasteiger partial charge in [-0.15, -0.1) is 0 Å². The van der Waals surface area contributed by atoms with Crippen LogP contribution in [-0.4, -0.2) is 10.5 Å². The van der Waals surface area contributed by atoms with Crippen molar-refractivity contribution in [1.29, 1.82) is 0 Å². The van der Waals surface area contributed by atoms with E-state index >= 15 is 0 Å². The van der Waals surface area contributed by atoms with Gasteiger partial charge in [0, 0.05) is 23.9 Å². The smallest absolute Gasteiger partial charge is 0.0422 e. The number of rotatable bonds is 3. The highest BCUT2D eigenvalue weighted by Gasteiger charge is 2.45. The van der Waals surface area contributed by atoms with Crippen LogP contribution in [0.15, 0.2) is 18.3 Å². The molecule has 2 heteroatoms. The van der Waals surface area contributed by atoms with E-state index in [1.54, 1.807) is 0 Å². The number of aryl methyl sites for hydroxylation is 1. The Bertz CT molecular complexity index is 380. The molecule has 0 bridgehead atoms. The number of nitrogens with two attached hydrogens (primary N) is 1. The molecule has 0 spiro atoms. The Morgan fingerprint density at radius 3 is 2.53 bits per heavy atom. The lowest BCUT2D eigenvalue weighted by Gasteiger charge is -2.38. The van der Waals surface area contributed by atoms with Crippen LogP contribution in [0.3, 0.4) is 0 Å². The Labute approximate surface area is 105 Å². The van der Waals surface area contributed by atoms with Gasteiger partial charge in [-0.3, -0.25) is 4.98 Å². The first kappa shape index (κ1) is 12.6. The minimum Gasteiger partial charge on any atom is -0.324 e. The molecule has 2 nitrogen and oxygen atoms in total. The van der Waals surface area contributed by atoms with Gasteiger partial charge in [-0.05, 0) is 36.3 Å². The number of pyridine rings is 1. The first-order valence-electron chi connectivity index (χ1n) is 6.69. The summed E-state index contributed by atoms with van der Waals surface area (Å²) in [6.45, 7) is 6.74. The van der Waals surface area contributed by atoms with E-state index in [2.05, 4.69) is 37.9 Å². The van der Waals surface area contributed by atoms with Gasteiger partial charge in [-0.2, -0.15) is 0 Å². The van der Waals surface area contributed by atoms with Crippen molar-refractivity contribution in [2.75, 3.05) is 0 Å². The molecule has 1 aliphatic rings.